The predicted octanol–water partition coefficient (Wildman–Crippen LogP) is 3.37. The minimum Gasteiger partial charge on any atom is -0.465 e. The first kappa shape index (κ1) is 20.8. The van der Waals surface area contributed by atoms with Crippen LogP contribution >= 0.6 is 11.8 Å². The minimum atomic E-state index is -0.466. The van der Waals surface area contributed by atoms with Crippen LogP contribution in [-0.4, -0.2) is 49.3 Å². The van der Waals surface area contributed by atoms with E-state index in [2.05, 4.69) is 20.5 Å². The number of carbonyl (C=O) groups is 2. The molecule has 2 heterocycles. The molecule has 0 aliphatic rings. The number of Topliss-reactive ketones (excluding diaryl/α,β-unsaturated/α-hetero) is 1. The van der Waals surface area contributed by atoms with Gasteiger partial charge >= 0.3 is 5.97 Å². The fourth-order valence-corrected chi connectivity index (χ4v) is 4.03. The van der Waals surface area contributed by atoms with Crippen molar-refractivity contribution < 1.29 is 14.3 Å². The summed E-state index contributed by atoms with van der Waals surface area (Å²) in [4.78, 5) is 28.1. The zero-order valence-corrected chi connectivity index (χ0v) is 18.0. The number of carbonyl (C=O) groups excluding carboxylic acids is 2. The number of aromatic amines is 1. The van der Waals surface area contributed by atoms with Gasteiger partial charge in [0, 0.05) is 5.69 Å². The lowest BCUT2D eigenvalue weighted by Gasteiger charge is -2.12. The number of esters is 1. The zero-order chi connectivity index (χ0) is 21.3. The normalized spacial score (nSPS) is 12.1. The molecular weight excluding hydrogens is 390 g/mol. The number of hydrogen-bond acceptors (Lipinski definition) is 7. The molecule has 0 saturated heterocycles. The van der Waals surface area contributed by atoms with Gasteiger partial charge in [-0.1, -0.05) is 23.9 Å². The van der Waals surface area contributed by atoms with Gasteiger partial charge in [-0.2, -0.15) is 4.68 Å². The molecule has 1 aromatic carbocycles. The number of aryl methyl sites for hydroxylation is 3. The second-order valence-corrected chi connectivity index (χ2v) is 8.21. The summed E-state index contributed by atoms with van der Waals surface area (Å²) in [5.74, 6) is -0.601. The second kappa shape index (κ2) is 8.20. The van der Waals surface area contributed by atoms with Crippen LogP contribution in [0.3, 0.4) is 0 Å². The van der Waals surface area contributed by atoms with Gasteiger partial charge in [-0.25, -0.2) is 4.79 Å². The van der Waals surface area contributed by atoms with E-state index in [4.69, 9.17) is 4.74 Å². The fourth-order valence-electron chi connectivity index (χ4n) is 3.17. The largest absolute Gasteiger partial charge is 0.465 e. The van der Waals surface area contributed by atoms with Gasteiger partial charge in [0.1, 0.15) is 0 Å². The summed E-state index contributed by atoms with van der Waals surface area (Å²) < 4.78 is 6.46. The van der Waals surface area contributed by atoms with E-state index < -0.39 is 11.2 Å². The zero-order valence-electron chi connectivity index (χ0n) is 17.2. The average Bonchev–Trinajstić information content (AvgIpc) is 3.26. The van der Waals surface area contributed by atoms with E-state index in [1.165, 1.54) is 18.9 Å². The Labute approximate surface area is 173 Å². The number of tetrazole rings is 1. The van der Waals surface area contributed by atoms with E-state index in [9.17, 15) is 9.59 Å². The van der Waals surface area contributed by atoms with Crippen LogP contribution in [0.25, 0.3) is 5.69 Å². The third-order valence-electron chi connectivity index (χ3n) is 4.76. The van der Waals surface area contributed by atoms with E-state index in [0.29, 0.717) is 27.7 Å². The lowest BCUT2D eigenvalue weighted by atomic mass is 10.1. The third kappa shape index (κ3) is 3.95. The molecule has 0 radical (unpaired) electrons. The summed E-state index contributed by atoms with van der Waals surface area (Å²) in [7, 11) is 1.32. The number of rotatable bonds is 6. The number of thioether (sulfide) groups is 1. The Kier molecular flexibility index (Phi) is 5.88. The van der Waals surface area contributed by atoms with Crippen LogP contribution in [0, 0.1) is 27.7 Å². The topological polar surface area (TPSA) is 103 Å². The van der Waals surface area contributed by atoms with Crippen molar-refractivity contribution >= 4 is 23.5 Å². The van der Waals surface area contributed by atoms with Crippen LogP contribution in [0.5, 0.6) is 0 Å². The summed E-state index contributed by atoms with van der Waals surface area (Å²) in [5, 5.41) is 12.0. The summed E-state index contributed by atoms with van der Waals surface area (Å²) in [6, 6.07) is 6.04. The highest BCUT2D eigenvalue weighted by Crippen LogP contribution is 2.28. The number of H-pyrrole nitrogens is 1. The standard InChI is InChI=1S/C20H23N5O3S/c1-10-7-8-11(2)15(9-10)25-20(22-23-24-25)29-14(5)18(26)17-12(3)16(13(4)21-17)19(27)28-6/h7-9,14,21H,1-6H3/t14-/m1/s1. The molecule has 152 valence electrons. The molecule has 0 spiro atoms. The quantitative estimate of drug-likeness (QED) is 0.375. The molecule has 0 unspecified atom stereocenters. The first-order valence-electron chi connectivity index (χ1n) is 9.09. The smallest absolute Gasteiger partial charge is 0.339 e. The molecule has 1 N–H and O–H groups in total. The molecular formula is C20H23N5O3S. The molecule has 0 saturated carbocycles. The summed E-state index contributed by atoms with van der Waals surface area (Å²) in [5.41, 5.74) is 4.98. The number of aromatic nitrogens is 5. The molecule has 0 aliphatic heterocycles. The molecule has 3 rings (SSSR count). The highest BCUT2D eigenvalue weighted by molar-refractivity contribution is 8.00. The number of ketones is 1. The molecule has 0 fully saturated rings. The molecule has 0 aliphatic carbocycles. The molecule has 9 heteroatoms. The van der Waals surface area contributed by atoms with Crippen molar-refractivity contribution in [3.63, 3.8) is 0 Å². The number of nitrogens with one attached hydrogen (secondary N) is 1. The van der Waals surface area contributed by atoms with Gasteiger partial charge in [-0.3, -0.25) is 4.79 Å². The number of methoxy groups -OCH3 is 1. The Bertz CT molecular complexity index is 1090. The van der Waals surface area contributed by atoms with E-state index in [1.807, 2.05) is 32.0 Å². The molecule has 0 bridgehead atoms. The molecule has 3 aromatic rings. The van der Waals surface area contributed by atoms with Gasteiger partial charge in [0.2, 0.25) is 5.16 Å². The Hall–Kier alpha value is -2.94. The Morgan fingerprint density at radius 2 is 1.93 bits per heavy atom. The van der Waals surface area contributed by atoms with Gasteiger partial charge in [0.05, 0.1) is 29.3 Å². The maximum atomic E-state index is 13.1. The van der Waals surface area contributed by atoms with Gasteiger partial charge in [0.25, 0.3) is 0 Å². The second-order valence-electron chi connectivity index (χ2n) is 6.90. The molecule has 8 nitrogen and oxygen atoms in total. The maximum Gasteiger partial charge on any atom is 0.339 e. The highest BCUT2D eigenvalue weighted by atomic mass is 32.2. The number of ether oxygens (including phenoxy) is 1. The predicted molar refractivity (Wildman–Crippen MR) is 110 cm³/mol. The Morgan fingerprint density at radius 1 is 1.21 bits per heavy atom. The van der Waals surface area contributed by atoms with Crippen molar-refractivity contribution in [2.75, 3.05) is 7.11 Å². The van der Waals surface area contributed by atoms with Gasteiger partial charge in [-0.15, -0.1) is 5.10 Å². The summed E-state index contributed by atoms with van der Waals surface area (Å²) in [6.45, 7) is 9.26. The highest BCUT2D eigenvalue weighted by Gasteiger charge is 2.27. The number of benzene rings is 1. The lowest BCUT2D eigenvalue weighted by molar-refractivity contribution is 0.0599. The first-order valence-corrected chi connectivity index (χ1v) is 9.96. The van der Waals surface area contributed by atoms with E-state index in [1.54, 1.807) is 25.5 Å². The van der Waals surface area contributed by atoms with E-state index in [0.717, 1.165) is 16.8 Å². The monoisotopic (exact) mass is 413 g/mol. The summed E-state index contributed by atoms with van der Waals surface area (Å²) in [6.07, 6.45) is 0. The molecule has 0 amide bonds. The van der Waals surface area contributed by atoms with Crippen molar-refractivity contribution in [1.82, 2.24) is 25.2 Å². The van der Waals surface area contributed by atoms with Crippen molar-refractivity contribution in [3.8, 4) is 5.69 Å². The Morgan fingerprint density at radius 3 is 2.62 bits per heavy atom. The summed E-state index contributed by atoms with van der Waals surface area (Å²) >= 11 is 1.27. The van der Waals surface area contributed by atoms with Crippen LogP contribution < -0.4 is 0 Å². The van der Waals surface area contributed by atoms with Gasteiger partial charge in [-0.05, 0) is 67.8 Å². The van der Waals surface area contributed by atoms with E-state index in [-0.39, 0.29) is 5.78 Å². The Balaban J connectivity index is 1.88. The number of hydrogen-bond donors (Lipinski definition) is 1. The molecule has 1 atom stereocenters. The van der Waals surface area contributed by atoms with Crippen molar-refractivity contribution in [2.45, 2.75) is 45.0 Å². The maximum absolute atomic E-state index is 13.1. The molecule has 29 heavy (non-hydrogen) atoms. The van der Waals surface area contributed by atoms with Crippen molar-refractivity contribution in [2.24, 2.45) is 0 Å². The SMILES string of the molecule is COC(=O)c1c(C)[nH]c(C(=O)[C@@H](C)Sc2nnnn2-c2cc(C)ccc2C)c1C. The lowest BCUT2D eigenvalue weighted by Crippen LogP contribution is -2.16. The van der Waals surface area contributed by atoms with Crippen LogP contribution in [0.1, 0.15) is 50.2 Å². The van der Waals surface area contributed by atoms with Gasteiger partial charge < -0.3 is 9.72 Å². The van der Waals surface area contributed by atoms with Crippen LogP contribution in [0.4, 0.5) is 0 Å². The molecule has 2 aromatic heterocycles. The average molecular weight is 414 g/mol. The minimum absolute atomic E-state index is 0.138. The van der Waals surface area contributed by atoms with E-state index >= 15 is 0 Å². The van der Waals surface area contributed by atoms with Crippen LogP contribution in [0.2, 0.25) is 0 Å². The van der Waals surface area contributed by atoms with Crippen molar-refractivity contribution in [3.05, 3.63) is 51.8 Å². The van der Waals surface area contributed by atoms with Gasteiger partial charge in [0.15, 0.2) is 5.78 Å². The van der Waals surface area contributed by atoms with Crippen molar-refractivity contribution in [1.29, 1.82) is 0 Å². The third-order valence-corrected chi connectivity index (χ3v) is 5.79. The van der Waals surface area contributed by atoms with Crippen LogP contribution in [-0.2, 0) is 4.74 Å². The van der Waals surface area contributed by atoms with Crippen LogP contribution in [0.15, 0.2) is 23.4 Å². The fraction of sp³-hybridized carbons (Fsp3) is 0.350. The number of nitrogens with zero attached hydrogens (tertiary/aromatic N) is 4. The first-order chi connectivity index (χ1) is 13.7.